The average molecular weight is 409 g/mol. The van der Waals surface area contributed by atoms with Crippen molar-refractivity contribution in [3.8, 4) is 11.1 Å². The second kappa shape index (κ2) is 7.45. The van der Waals surface area contributed by atoms with Crippen molar-refractivity contribution in [3.63, 3.8) is 0 Å². The molecule has 1 heterocycles. The van der Waals surface area contributed by atoms with Crippen LogP contribution in [-0.4, -0.2) is 11.2 Å². The molecule has 0 atom stereocenters. The van der Waals surface area contributed by atoms with Crippen molar-refractivity contribution in [1.29, 1.82) is 0 Å². The van der Waals surface area contributed by atoms with Crippen LogP contribution >= 0.6 is 0 Å². The zero-order valence-corrected chi connectivity index (χ0v) is 15.6. The van der Waals surface area contributed by atoms with E-state index in [0.29, 0.717) is 27.8 Å². The largest absolute Gasteiger partial charge is 0.380 e. The van der Waals surface area contributed by atoms with E-state index >= 15 is 0 Å². The fraction of sp³-hybridized carbons (Fsp3) is 0.0476. The highest BCUT2D eigenvalue weighted by Gasteiger charge is 2.20. The van der Waals surface area contributed by atoms with E-state index in [-0.39, 0.29) is 23.6 Å². The quantitative estimate of drug-likeness (QED) is 0.469. The number of nitrogens with zero attached hydrogens (tertiary/aromatic N) is 2. The molecule has 7 nitrogen and oxygen atoms in total. The van der Waals surface area contributed by atoms with E-state index in [1.54, 1.807) is 30.3 Å². The van der Waals surface area contributed by atoms with Crippen molar-refractivity contribution < 1.29 is 18.1 Å². The first-order chi connectivity index (χ1) is 14.4. The van der Waals surface area contributed by atoms with Crippen molar-refractivity contribution >= 4 is 34.2 Å². The molecule has 0 aliphatic rings. The van der Waals surface area contributed by atoms with Gasteiger partial charge in [0, 0.05) is 6.54 Å². The summed E-state index contributed by atoms with van der Waals surface area (Å²) in [7, 11) is 0. The third-order valence-corrected chi connectivity index (χ3v) is 4.75. The number of benzene rings is 3. The third kappa shape index (κ3) is 3.20. The van der Waals surface area contributed by atoms with E-state index in [9.17, 15) is 13.6 Å². The van der Waals surface area contributed by atoms with Crippen LogP contribution in [-0.2, 0) is 6.54 Å². The Balaban J connectivity index is 1.79. The first kappa shape index (κ1) is 19.3. The van der Waals surface area contributed by atoms with Gasteiger partial charge in [-0.3, -0.25) is 4.90 Å². The second-order valence-corrected chi connectivity index (χ2v) is 6.58. The Morgan fingerprint density at radius 3 is 2.40 bits per heavy atom. The number of hydrogen-bond donors (Lipinski definition) is 3. The fourth-order valence-electron chi connectivity index (χ4n) is 3.31. The molecule has 0 aliphatic carbocycles. The minimum Gasteiger partial charge on any atom is -0.380 e. The lowest BCUT2D eigenvalue weighted by Crippen LogP contribution is -2.32. The molecule has 0 unspecified atom stereocenters. The number of fused-ring (bicyclic) bond motifs is 1. The first-order valence-electron chi connectivity index (χ1n) is 8.92. The smallest absolute Gasteiger partial charge is 0.323 e. The summed E-state index contributed by atoms with van der Waals surface area (Å²) in [5, 5.41) is 3.96. The van der Waals surface area contributed by atoms with Gasteiger partial charge in [-0.25, -0.2) is 13.6 Å². The summed E-state index contributed by atoms with van der Waals surface area (Å²) in [6, 6.07) is 12.7. The molecule has 0 bridgehead atoms. The number of carbonyl (C=O) groups is 1. The molecule has 0 fully saturated rings. The lowest BCUT2D eigenvalue weighted by molar-refractivity contribution is 0.256. The van der Waals surface area contributed by atoms with Gasteiger partial charge in [0.1, 0.15) is 5.82 Å². The first-order valence-corrected chi connectivity index (χ1v) is 8.92. The van der Waals surface area contributed by atoms with Gasteiger partial charge in [0.25, 0.3) is 0 Å². The Kier molecular flexibility index (Phi) is 4.80. The number of anilines is 3. The molecular formula is C21H17F2N5O2. The second-order valence-electron chi connectivity index (χ2n) is 6.58. The van der Waals surface area contributed by atoms with E-state index < -0.39 is 17.7 Å². The standard InChI is InChI=1S/C21H17F2N5O2/c22-15-7-1-11(10-24)9-17(15)28(21(26)29)13-4-2-12(3-5-13)14-6-8-16(23)19-18(14)20(25)27-30-19/h1-9H,10,24H2,(H2,25,27)(H2,26,29). The highest BCUT2D eigenvalue weighted by molar-refractivity contribution is 6.02. The van der Waals surface area contributed by atoms with Crippen molar-refractivity contribution in [1.82, 2.24) is 5.16 Å². The van der Waals surface area contributed by atoms with Gasteiger partial charge in [-0.05, 0) is 47.0 Å². The van der Waals surface area contributed by atoms with Crippen LogP contribution in [0.1, 0.15) is 5.56 Å². The molecule has 0 saturated heterocycles. The van der Waals surface area contributed by atoms with Crippen LogP contribution in [0.5, 0.6) is 0 Å². The lowest BCUT2D eigenvalue weighted by Gasteiger charge is -2.22. The topological polar surface area (TPSA) is 124 Å². The Hall–Kier alpha value is -3.98. The van der Waals surface area contributed by atoms with Crippen molar-refractivity contribution in [2.75, 3.05) is 10.6 Å². The van der Waals surface area contributed by atoms with Gasteiger partial charge >= 0.3 is 6.03 Å². The van der Waals surface area contributed by atoms with Gasteiger partial charge in [0.05, 0.1) is 16.8 Å². The van der Waals surface area contributed by atoms with E-state index in [1.165, 1.54) is 24.3 Å². The summed E-state index contributed by atoms with van der Waals surface area (Å²) in [6.45, 7) is 0.180. The van der Waals surface area contributed by atoms with Gasteiger partial charge in [-0.1, -0.05) is 29.4 Å². The number of halogens is 2. The van der Waals surface area contributed by atoms with Crippen molar-refractivity contribution in [2.24, 2.45) is 11.5 Å². The SMILES string of the molecule is NCc1ccc(F)c(N(C(N)=O)c2ccc(-c3ccc(F)c4onc(N)c34)cc2)c1. The normalized spacial score (nSPS) is 11.0. The average Bonchev–Trinajstić information content (AvgIpc) is 3.13. The predicted molar refractivity (Wildman–Crippen MR) is 110 cm³/mol. The molecule has 0 aliphatic heterocycles. The number of amides is 2. The van der Waals surface area contributed by atoms with Crippen LogP contribution in [0.25, 0.3) is 22.1 Å². The van der Waals surface area contributed by atoms with Crippen LogP contribution < -0.4 is 22.1 Å². The molecule has 2 amide bonds. The number of urea groups is 1. The maximum atomic E-state index is 14.4. The Labute approximate surface area is 169 Å². The van der Waals surface area contributed by atoms with Crippen LogP contribution in [0.3, 0.4) is 0 Å². The molecule has 6 N–H and O–H groups in total. The molecule has 4 aromatic rings. The Morgan fingerprint density at radius 1 is 1.03 bits per heavy atom. The van der Waals surface area contributed by atoms with E-state index in [2.05, 4.69) is 5.16 Å². The highest BCUT2D eigenvalue weighted by atomic mass is 19.1. The summed E-state index contributed by atoms with van der Waals surface area (Å²) in [5.41, 5.74) is 19.2. The van der Waals surface area contributed by atoms with Crippen LogP contribution in [0.15, 0.2) is 59.1 Å². The van der Waals surface area contributed by atoms with Gasteiger partial charge in [-0.15, -0.1) is 0 Å². The summed E-state index contributed by atoms with van der Waals surface area (Å²) >= 11 is 0. The maximum absolute atomic E-state index is 14.4. The fourth-order valence-corrected chi connectivity index (χ4v) is 3.31. The number of nitrogens with two attached hydrogens (primary N) is 3. The molecule has 1 aromatic heterocycles. The summed E-state index contributed by atoms with van der Waals surface area (Å²) in [4.78, 5) is 13.1. The zero-order valence-electron chi connectivity index (χ0n) is 15.6. The predicted octanol–water partition coefficient (Wildman–Crippen LogP) is 4.03. The number of aromatic nitrogens is 1. The highest BCUT2D eigenvalue weighted by Crippen LogP contribution is 2.36. The van der Waals surface area contributed by atoms with Crippen LogP contribution in [0.4, 0.5) is 30.8 Å². The number of hydrogen-bond acceptors (Lipinski definition) is 5. The van der Waals surface area contributed by atoms with E-state index in [4.69, 9.17) is 21.7 Å². The minimum absolute atomic E-state index is 0.00866. The lowest BCUT2D eigenvalue weighted by atomic mass is 10.0. The molecule has 152 valence electrons. The van der Waals surface area contributed by atoms with Gasteiger partial charge in [0.2, 0.25) is 5.58 Å². The number of nitrogen functional groups attached to an aromatic ring is 1. The molecule has 0 saturated carbocycles. The van der Waals surface area contributed by atoms with Crippen molar-refractivity contribution in [2.45, 2.75) is 6.54 Å². The summed E-state index contributed by atoms with van der Waals surface area (Å²) in [6.07, 6.45) is 0. The molecular weight excluding hydrogens is 392 g/mol. The number of rotatable bonds is 4. The van der Waals surface area contributed by atoms with Gasteiger partial charge in [-0.2, -0.15) is 0 Å². The molecule has 30 heavy (non-hydrogen) atoms. The Bertz CT molecular complexity index is 1250. The molecule has 4 rings (SSSR count). The third-order valence-electron chi connectivity index (χ3n) is 4.75. The molecule has 3 aromatic carbocycles. The molecule has 9 heteroatoms. The summed E-state index contributed by atoms with van der Waals surface area (Å²) < 4.78 is 33.3. The number of primary amides is 1. The van der Waals surface area contributed by atoms with Gasteiger partial charge in [0.15, 0.2) is 11.6 Å². The van der Waals surface area contributed by atoms with Crippen LogP contribution in [0.2, 0.25) is 0 Å². The van der Waals surface area contributed by atoms with Crippen molar-refractivity contribution in [3.05, 3.63) is 71.8 Å². The van der Waals surface area contributed by atoms with Gasteiger partial charge < -0.3 is 21.7 Å². The zero-order chi connectivity index (χ0) is 21.4. The molecule has 0 radical (unpaired) electrons. The number of carbonyl (C=O) groups excluding carboxylic acids is 1. The van der Waals surface area contributed by atoms with E-state index in [1.807, 2.05) is 0 Å². The minimum atomic E-state index is -0.858. The maximum Gasteiger partial charge on any atom is 0.323 e. The Morgan fingerprint density at radius 2 is 1.73 bits per heavy atom. The van der Waals surface area contributed by atoms with E-state index in [0.717, 1.165) is 4.90 Å². The summed E-state index contributed by atoms with van der Waals surface area (Å²) in [5.74, 6) is -1.14. The molecule has 0 spiro atoms. The van der Waals surface area contributed by atoms with Crippen LogP contribution in [0, 0.1) is 11.6 Å². The monoisotopic (exact) mass is 409 g/mol.